The second kappa shape index (κ2) is 9.85. The molecule has 3 aromatic rings. The number of aromatic amines is 1. The predicted molar refractivity (Wildman–Crippen MR) is 146 cm³/mol. The molecule has 1 fully saturated rings. The Bertz CT molecular complexity index is 1310. The minimum absolute atomic E-state index is 0.0593. The summed E-state index contributed by atoms with van der Waals surface area (Å²) in [6.45, 7) is 14.9. The molecule has 4 rings (SSSR count). The van der Waals surface area contributed by atoms with Crippen LogP contribution in [0.3, 0.4) is 0 Å². The van der Waals surface area contributed by atoms with Gasteiger partial charge in [-0.25, -0.2) is 9.78 Å². The number of hydrogen-bond acceptors (Lipinski definition) is 3. The van der Waals surface area contributed by atoms with Gasteiger partial charge in [-0.3, -0.25) is 4.90 Å². The summed E-state index contributed by atoms with van der Waals surface area (Å²) in [6, 6.07) is 14.9. The van der Waals surface area contributed by atoms with Gasteiger partial charge in [0.25, 0.3) is 0 Å². The van der Waals surface area contributed by atoms with Crippen molar-refractivity contribution < 1.29 is 9.53 Å². The van der Waals surface area contributed by atoms with Crippen LogP contribution in [-0.2, 0) is 10.2 Å². The fourth-order valence-electron chi connectivity index (χ4n) is 4.59. The van der Waals surface area contributed by atoms with Gasteiger partial charge in [0.1, 0.15) is 11.4 Å². The molecule has 0 spiro atoms. The van der Waals surface area contributed by atoms with Gasteiger partial charge in [-0.2, -0.15) is 0 Å². The van der Waals surface area contributed by atoms with Gasteiger partial charge in [-0.1, -0.05) is 57.0 Å². The molecule has 0 aliphatic carbocycles. The van der Waals surface area contributed by atoms with Crippen LogP contribution in [0.5, 0.6) is 0 Å². The minimum Gasteiger partial charge on any atom is -0.444 e. The first-order valence-corrected chi connectivity index (χ1v) is 12.7. The Kier molecular flexibility index (Phi) is 7.00. The maximum Gasteiger partial charge on any atom is 0.410 e. The lowest BCUT2D eigenvalue weighted by atomic mass is 9.85. The average Bonchev–Trinajstić information content (AvgIpc) is 3.48. The van der Waals surface area contributed by atoms with Gasteiger partial charge in [0.2, 0.25) is 0 Å². The normalized spacial score (nSPS) is 16.0. The molecule has 36 heavy (non-hydrogen) atoms. The molecule has 188 valence electrons. The first kappa shape index (κ1) is 25.6. The summed E-state index contributed by atoms with van der Waals surface area (Å²) in [5.74, 6) is 7.11. The van der Waals surface area contributed by atoms with E-state index in [4.69, 9.17) is 4.74 Å². The van der Waals surface area contributed by atoms with E-state index >= 15 is 0 Å². The topological polar surface area (TPSA) is 58.2 Å². The van der Waals surface area contributed by atoms with Gasteiger partial charge in [-0.05, 0) is 74.8 Å². The van der Waals surface area contributed by atoms with Crippen LogP contribution in [0.1, 0.15) is 84.3 Å². The predicted octanol–water partition coefficient (Wildman–Crippen LogP) is 7.48. The quantitative estimate of drug-likeness (QED) is 0.393. The van der Waals surface area contributed by atoms with Crippen LogP contribution in [0.15, 0.2) is 48.7 Å². The van der Waals surface area contributed by atoms with Crippen molar-refractivity contribution in [3.63, 3.8) is 0 Å². The fraction of sp³-hybridized carbons (Fsp3) is 0.419. The van der Waals surface area contributed by atoms with E-state index in [1.54, 1.807) is 4.90 Å². The van der Waals surface area contributed by atoms with Crippen LogP contribution in [0.2, 0.25) is 0 Å². The second-order valence-corrected chi connectivity index (χ2v) is 11.5. The summed E-state index contributed by atoms with van der Waals surface area (Å²) in [5, 5.41) is 0. The van der Waals surface area contributed by atoms with E-state index in [0.29, 0.717) is 6.54 Å². The van der Waals surface area contributed by atoms with Gasteiger partial charge in [0.05, 0.1) is 17.9 Å². The van der Waals surface area contributed by atoms with Gasteiger partial charge in [-0.15, -0.1) is 5.92 Å². The van der Waals surface area contributed by atoms with Crippen LogP contribution in [0, 0.1) is 11.8 Å². The van der Waals surface area contributed by atoms with Crippen LogP contribution < -0.4 is 0 Å². The lowest BCUT2D eigenvalue weighted by Gasteiger charge is -2.27. The number of nitrogens with zero attached hydrogens (tertiary/aromatic N) is 2. The Labute approximate surface area is 215 Å². The number of imidazole rings is 1. The number of carbonyl (C=O) groups excluding carboxylic acids is 1. The maximum atomic E-state index is 12.8. The SMILES string of the molecule is CC#Cc1ccc(-c2cnc([C@@H]3CCCN3C(=O)OC(C)(C)C)[nH]2)cc1-c1cccc(C(C)(C)C)c1. The molecule has 5 heteroatoms. The molecule has 1 saturated heterocycles. The van der Waals surface area contributed by atoms with Crippen LogP contribution >= 0.6 is 0 Å². The van der Waals surface area contributed by atoms with Crippen LogP contribution in [0.4, 0.5) is 4.79 Å². The molecule has 1 amide bonds. The highest BCUT2D eigenvalue weighted by Crippen LogP contribution is 2.35. The number of H-pyrrole nitrogens is 1. The largest absolute Gasteiger partial charge is 0.444 e. The molecule has 1 aromatic heterocycles. The van der Waals surface area contributed by atoms with Gasteiger partial charge in [0.15, 0.2) is 0 Å². The number of carbonyl (C=O) groups is 1. The Morgan fingerprint density at radius 2 is 1.86 bits per heavy atom. The highest BCUT2D eigenvalue weighted by molar-refractivity contribution is 5.77. The van der Waals surface area contributed by atoms with Crippen molar-refractivity contribution in [1.29, 1.82) is 0 Å². The zero-order valence-electron chi connectivity index (χ0n) is 22.5. The number of rotatable bonds is 3. The second-order valence-electron chi connectivity index (χ2n) is 11.5. The summed E-state index contributed by atoms with van der Waals surface area (Å²) in [4.78, 5) is 22.7. The molecule has 1 N–H and O–H groups in total. The highest BCUT2D eigenvalue weighted by Gasteiger charge is 2.34. The highest BCUT2D eigenvalue weighted by atomic mass is 16.6. The van der Waals surface area contributed by atoms with Crippen molar-refractivity contribution in [2.24, 2.45) is 0 Å². The lowest BCUT2D eigenvalue weighted by molar-refractivity contribution is 0.0218. The molecule has 1 aliphatic heterocycles. The fourth-order valence-corrected chi connectivity index (χ4v) is 4.59. The summed E-state index contributed by atoms with van der Waals surface area (Å²) in [5.41, 5.74) is 6.02. The molecule has 0 saturated carbocycles. The number of amides is 1. The van der Waals surface area contributed by atoms with E-state index in [9.17, 15) is 4.79 Å². The van der Waals surface area contributed by atoms with Crippen molar-refractivity contribution in [2.45, 2.75) is 78.4 Å². The molecule has 0 bridgehead atoms. The van der Waals surface area contributed by atoms with Gasteiger partial charge >= 0.3 is 6.09 Å². The maximum absolute atomic E-state index is 12.8. The Morgan fingerprint density at radius 3 is 2.56 bits per heavy atom. The third kappa shape index (κ3) is 5.65. The number of nitrogens with one attached hydrogen (secondary N) is 1. The van der Waals surface area contributed by atoms with Gasteiger partial charge < -0.3 is 9.72 Å². The number of hydrogen-bond donors (Lipinski definition) is 1. The number of ether oxygens (including phenoxy) is 1. The molecule has 0 radical (unpaired) electrons. The number of likely N-dealkylation sites (tertiary alicyclic amines) is 1. The first-order valence-electron chi connectivity index (χ1n) is 12.7. The van der Waals surface area contributed by atoms with Gasteiger partial charge in [0, 0.05) is 17.7 Å². The third-order valence-electron chi connectivity index (χ3n) is 6.42. The van der Waals surface area contributed by atoms with E-state index < -0.39 is 5.60 Å². The Balaban J connectivity index is 1.67. The van der Waals surface area contributed by atoms with E-state index in [1.807, 2.05) is 33.9 Å². The summed E-state index contributed by atoms with van der Waals surface area (Å²) in [7, 11) is 0. The van der Waals surface area contributed by atoms with E-state index in [1.165, 1.54) is 5.56 Å². The van der Waals surface area contributed by atoms with E-state index in [0.717, 1.165) is 46.6 Å². The van der Waals surface area contributed by atoms with Crippen molar-refractivity contribution in [3.05, 3.63) is 65.6 Å². The van der Waals surface area contributed by atoms with Crippen LogP contribution in [0.25, 0.3) is 22.4 Å². The summed E-state index contributed by atoms with van der Waals surface area (Å²) >= 11 is 0. The molecule has 1 aliphatic rings. The molecule has 5 nitrogen and oxygen atoms in total. The molecular weight excluding hydrogens is 446 g/mol. The van der Waals surface area contributed by atoms with E-state index in [-0.39, 0.29) is 17.6 Å². The zero-order chi connectivity index (χ0) is 26.1. The Hall–Kier alpha value is -3.52. The monoisotopic (exact) mass is 483 g/mol. The minimum atomic E-state index is -0.525. The Morgan fingerprint density at radius 1 is 1.08 bits per heavy atom. The molecule has 1 atom stereocenters. The van der Waals surface area contributed by atoms with Crippen molar-refractivity contribution in [1.82, 2.24) is 14.9 Å². The van der Waals surface area contributed by atoms with Crippen LogP contribution in [-0.4, -0.2) is 33.1 Å². The third-order valence-corrected chi connectivity index (χ3v) is 6.42. The molecule has 2 aromatic carbocycles. The molecule has 2 heterocycles. The number of aromatic nitrogens is 2. The first-order chi connectivity index (χ1) is 17.0. The standard InChI is InChI=1S/C31H37N3O2/c1-8-11-21-15-16-23(19-25(21)22-12-9-13-24(18-22)30(2,3)4)26-20-32-28(33-26)27-14-10-17-34(27)29(35)36-31(5,6)7/h9,12-13,15-16,18-20,27H,10,14,17H2,1-7H3,(H,32,33)/t27-/m0/s1. The van der Waals surface area contributed by atoms with Crippen molar-refractivity contribution in [2.75, 3.05) is 6.54 Å². The smallest absolute Gasteiger partial charge is 0.410 e. The van der Waals surface area contributed by atoms with Crippen molar-refractivity contribution in [3.8, 4) is 34.2 Å². The summed E-state index contributed by atoms with van der Waals surface area (Å²) < 4.78 is 5.63. The lowest BCUT2D eigenvalue weighted by Crippen LogP contribution is -2.36. The summed E-state index contributed by atoms with van der Waals surface area (Å²) in [6.07, 6.45) is 3.36. The van der Waals surface area contributed by atoms with E-state index in [2.05, 4.69) is 85.0 Å². The zero-order valence-corrected chi connectivity index (χ0v) is 22.5. The molecular formula is C31H37N3O2. The van der Waals surface area contributed by atoms with Crippen molar-refractivity contribution >= 4 is 6.09 Å². The average molecular weight is 484 g/mol. The molecule has 0 unspecified atom stereocenters. The number of benzene rings is 2.